The molecule has 2 aromatic carbocycles. The van der Waals surface area contributed by atoms with E-state index in [0.717, 1.165) is 31.2 Å². The summed E-state index contributed by atoms with van der Waals surface area (Å²) in [5.74, 6) is -0.603. The lowest BCUT2D eigenvalue weighted by atomic mass is 10.1. The zero-order valence-electron chi connectivity index (χ0n) is 14.5. The highest BCUT2D eigenvalue weighted by molar-refractivity contribution is 7.92. The summed E-state index contributed by atoms with van der Waals surface area (Å²) in [6.45, 7) is 2.50. The van der Waals surface area contributed by atoms with E-state index in [1.807, 2.05) is 0 Å². The number of alkyl halides is 3. The topological polar surface area (TPSA) is 118 Å². The van der Waals surface area contributed by atoms with Gasteiger partial charge in [-0.2, -0.15) is 13.2 Å². The summed E-state index contributed by atoms with van der Waals surface area (Å²) < 4.78 is 66.7. The molecule has 2 rings (SSSR count). The first-order chi connectivity index (χ1) is 12.8. The minimum absolute atomic E-state index is 0.172. The van der Waals surface area contributed by atoms with Crippen molar-refractivity contribution in [2.45, 2.75) is 24.9 Å². The summed E-state index contributed by atoms with van der Waals surface area (Å²) in [5.41, 5.74) is -2.58. The second-order valence-electron chi connectivity index (χ2n) is 5.75. The number of benzene rings is 2. The van der Waals surface area contributed by atoms with Crippen molar-refractivity contribution in [1.29, 1.82) is 0 Å². The van der Waals surface area contributed by atoms with Crippen LogP contribution >= 0.6 is 0 Å². The SMILES string of the molecule is CC(=O)Nc1ccc(NS(=O)(=O)c2ccc(C)c([N+](=O)[O-])c2)c(C(F)(F)F)c1. The Kier molecular flexibility index (Phi) is 5.64. The van der Waals surface area contributed by atoms with Crippen molar-refractivity contribution in [3.8, 4) is 0 Å². The Hall–Kier alpha value is -3.15. The molecule has 12 heteroatoms. The predicted octanol–water partition coefficient (Wildman–Crippen LogP) is 3.68. The van der Waals surface area contributed by atoms with Crippen LogP contribution in [0.2, 0.25) is 0 Å². The number of carbonyl (C=O) groups is 1. The Labute approximate surface area is 157 Å². The molecule has 0 unspecified atom stereocenters. The maximum absolute atomic E-state index is 13.3. The van der Waals surface area contributed by atoms with Gasteiger partial charge in [0.05, 0.1) is 21.1 Å². The van der Waals surface area contributed by atoms with E-state index in [2.05, 4.69) is 5.32 Å². The molecular formula is C16H14F3N3O5S. The standard InChI is InChI=1S/C16H14F3N3O5S/c1-9-3-5-12(8-15(9)22(24)25)28(26,27)21-14-6-4-11(20-10(2)23)7-13(14)16(17,18)19/h3-8,21H,1-2H3,(H,20,23). The van der Waals surface area contributed by atoms with Gasteiger partial charge in [0.15, 0.2) is 0 Å². The molecule has 150 valence electrons. The number of hydrogen-bond acceptors (Lipinski definition) is 5. The van der Waals surface area contributed by atoms with E-state index in [4.69, 9.17) is 0 Å². The van der Waals surface area contributed by atoms with E-state index in [-0.39, 0.29) is 11.3 Å². The summed E-state index contributed by atoms with van der Waals surface area (Å²) in [5, 5.41) is 13.2. The fraction of sp³-hybridized carbons (Fsp3) is 0.188. The van der Waals surface area contributed by atoms with Crippen LogP contribution < -0.4 is 10.0 Å². The molecule has 0 aliphatic carbocycles. The second-order valence-corrected chi connectivity index (χ2v) is 7.43. The third-order valence-corrected chi connectivity index (χ3v) is 4.94. The first kappa shape index (κ1) is 21.2. The molecule has 0 atom stereocenters. The smallest absolute Gasteiger partial charge is 0.326 e. The van der Waals surface area contributed by atoms with Crippen molar-refractivity contribution >= 4 is 33.0 Å². The number of nitro benzene ring substituents is 1. The summed E-state index contributed by atoms with van der Waals surface area (Å²) in [6.07, 6.45) is -4.92. The lowest BCUT2D eigenvalue weighted by Crippen LogP contribution is -2.18. The van der Waals surface area contributed by atoms with Crippen LogP contribution in [0.15, 0.2) is 41.3 Å². The largest absolute Gasteiger partial charge is 0.418 e. The maximum atomic E-state index is 13.3. The lowest BCUT2D eigenvalue weighted by molar-refractivity contribution is -0.385. The molecule has 0 heterocycles. The average Bonchev–Trinajstić information content (AvgIpc) is 2.54. The number of nitro groups is 1. The Morgan fingerprint density at radius 3 is 2.32 bits per heavy atom. The number of sulfonamides is 1. The van der Waals surface area contributed by atoms with Crippen LogP contribution in [-0.2, 0) is 21.0 Å². The van der Waals surface area contributed by atoms with Crippen LogP contribution in [-0.4, -0.2) is 19.2 Å². The Bertz CT molecular complexity index is 1050. The predicted molar refractivity (Wildman–Crippen MR) is 94.4 cm³/mol. The average molecular weight is 417 g/mol. The minimum Gasteiger partial charge on any atom is -0.326 e. The van der Waals surface area contributed by atoms with Gasteiger partial charge in [0, 0.05) is 24.2 Å². The van der Waals surface area contributed by atoms with Gasteiger partial charge in [-0.3, -0.25) is 19.6 Å². The molecule has 0 saturated heterocycles. The third-order valence-electron chi connectivity index (χ3n) is 3.58. The van der Waals surface area contributed by atoms with E-state index in [9.17, 15) is 36.5 Å². The van der Waals surface area contributed by atoms with Gasteiger partial charge in [-0.25, -0.2) is 8.42 Å². The molecule has 0 radical (unpaired) electrons. The van der Waals surface area contributed by atoms with E-state index >= 15 is 0 Å². The molecule has 0 saturated carbocycles. The summed E-state index contributed by atoms with van der Waals surface area (Å²) in [7, 11) is -4.55. The number of nitrogens with one attached hydrogen (secondary N) is 2. The number of halogens is 3. The van der Waals surface area contributed by atoms with Gasteiger partial charge in [0.1, 0.15) is 0 Å². The fourth-order valence-electron chi connectivity index (χ4n) is 2.31. The van der Waals surface area contributed by atoms with Gasteiger partial charge in [-0.15, -0.1) is 0 Å². The molecule has 0 fully saturated rings. The first-order valence-corrected chi connectivity index (χ1v) is 9.06. The van der Waals surface area contributed by atoms with E-state index in [0.29, 0.717) is 6.07 Å². The fourth-order valence-corrected chi connectivity index (χ4v) is 3.40. The lowest BCUT2D eigenvalue weighted by Gasteiger charge is -2.16. The van der Waals surface area contributed by atoms with Crippen LogP contribution in [0, 0.1) is 17.0 Å². The van der Waals surface area contributed by atoms with Crippen LogP contribution in [0.5, 0.6) is 0 Å². The summed E-state index contributed by atoms with van der Waals surface area (Å²) in [6, 6.07) is 5.49. The van der Waals surface area contributed by atoms with Crippen molar-refractivity contribution in [1.82, 2.24) is 0 Å². The molecule has 2 N–H and O–H groups in total. The molecule has 2 aromatic rings. The highest BCUT2D eigenvalue weighted by Gasteiger charge is 2.35. The zero-order valence-corrected chi connectivity index (χ0v) is 15.3. The molecule has 8 nitrogen and oxygen atoms in total. The summed E-state index contributed by atoms with van der Waals surface area (Å²) >= 11 is 0. The number of aryl methyl sites for hydroxylation is 1. The molecule has 0 aromatic heterocycles. The maximum Gasteiger partial charge on any atom is 0.418 e. The molecule has 0 aliphatic rings. The molecule has 0 aliphatic heterocycles. The van der Waals surface area contributed by atoms with Crippen LogP contribution in [0.3, 0.4) is 0 Å². The zero-order chi connectivity index (χ0) is 21.3. The van der Waals surface area contributed by atoms with Crippen molar-refractivity contribution in [2.24, 2.45) is 0 Å². The Balaban J connectivity index is 2.50. The van der Waals surface area contributed by atoms with Crippen LogP contribution in [0.1, 0.15) is 18.1 Å². The number of nitrogens with zero attached hydrogens (tertiary/aromatic N) is 1. The van der Waals surface area contributed by atoms with Gasteiger partial charge >= 0.3 is 6.18 Å². The normalized spacial score (nSPS) is 11.8. The van der Waals surface area contributed by atoms with E-state index < -0.39 is 48.9 Å². The molecule has 28 heavy (non-hydrogen) atoms. The van der Waals surface area contributed by atoms with Gasteiger partial charge in [-0.05, 0) is 31.2 Å². The first-order valence-electron chi connectivity index (χ1n) is 7.58. The van der Waals surface area contributed by atoms with Gasteiger partial charge in [0.2, 0.25) is 5.91 Å². The van der Waals surface area contributed by atoms with E-state index in [1.165, 1.54) is 13.0 Å². The Morgan fingerprint density at radius 2 is 1.79 bits per heavy atom. The van der Waals surface area contributed by atoms with Crippen LogP contribution in [0.25, 0.3) is 0 Å². The van der Waals surface area contributed by atoms with Crippen molar-refractivity contribution < 1.29 is 31.3 Å². The highest BCUT2D eigenvalue weighted by Crippen LogP contribution is 2.37. The number of rotatable bonds is 5. The van der Waals surface area contributed by atoms with Crippen LogP contribution in [0.4, 0.5) is 30.2 Å². The quantitative estimate of drug-likeness (QED) is 0.568. The number of hydrogen-bond donors (Lipinski definition) is 2. The minimum atomic E-state index is -4.92. The molecule has 0 spiro atoms. The molecule has 1 amide bonds. The van der Waals surface area contributed by atoms with Gasteiger partial charge in [-0.1, -0.05) is 6.07 Å². The number of carbonyl (C=O) groups excluding carboxylic acids is 1. The summed E-state index contributed by atoms with van der Waals surface area (Å²) in [4.78, 5) is 20.6. The monoisotopic (exact) mass is 417 g/mol. The van der Waals surface area contributed by atoms with Gasteiger partial charge in [0.25, 0.3) is 15.7 Å². The van der Waals surface area contributed by atoms with E-state index in [1.54, 1.807) is 4.72 Å². The highest BCUT2D eigenvalue weighted by atomic mass is 32.2. The number of anilines is 2. The molecule has 0 bridgehead atoms. The molecular weight excluding hydrogens is 403 g/mol. The third kappa shape index (κ3) is 4.76. The van der Waals surface area contributed by atoms with Gasteiger partial charge < -0.3 is 5.32 Å². The van der Waals surface area contributed by atoms with Crippen molar-refractivity contribution in [3.63, 3.8) is 0 Å². The van der Waals surface area contributed by atoms with Crippen molar-refractivity contribution in [2.75, 3.05) is 10.0 Å². The van der Waals surface area contributed by atoms with Crippen molar-refractivity contribution in [3.05, 3.63) is 57.6 Å². The number of amides is 1. The Morgan fingerprint density at radius 1 is 1.14 bits per heavy atom. The second kappa shape index (κ2) is 7.46.